The number of carboxylic acids is 1. The van der Waals surface area contributed by atoms with Crippen LogP contribution < -0.4 is 10.9 Å². The van der Waals surface area contributed by atoms with Crippen molar-refractivity contribution in [3.05, 3.63) is 52.8 Å². The van der Waals surface area contributed by atoms with Crippen LogP contribution in [0.3, 0.4) is 0 Å². The van der Waals surface area contributed by atoms with Crippen molar-refractivity contribution in [2.75, 3.05) is 0 Å². The Labute approximate surface area is 145 Å². The van der Waals surface area contributed by atoms with Gasteiger partial charge < -0.3 is 10.4 Å². The molecule has 1 aromatic carbocycles. The number of carboxylic acid groups (broad SMARTS) is 1. The minimum atomic E-state index is -0.921. The Morgan fingerprint density at radius 1 is 1.16 bits per heavy atom. The molecule has 0 unspecified atom stereocenters. The first-order chi connectivity index (χ1) is 11.8. The van der Waals surface area contributed by atoms with Crippen molar-refractivity contribution in [3.8, 4) is 11.3 Å². The highest BCUT2D eigenvalue weighted by molar-refractivity contribution is 5.76. The number of amides is 1. The monoisotopic (exact) mass is 343 g/mol. The van der Waals surface area contributed by atoms with E-state index in [2.05, 4.69) is 10.4 Å². The van der Waals surface area contributed by atoms with Crippen molar-refractivity contribution in [1.29, 1.82) is 0 Å². The number of nitrogens with zero attached hydrogens (tertiary/aromatic N) is 2. The van der Waals surface area contributed by atoms with Gasteiger partial charge in [-0.1, -0.05) is 30.3 Å². The number of nitrogens with one attached hydrogen (secondary N) is 1. The zero-order chi connectivity index (χ0) is 18.4. The van der Waals surface area contributed by atoms with Gasteiger partial charge in [0, 0.05) is 23.6 Å². The highest BCUT2D eigenvalue weighted by Crippen LogP contribution is 2.14. The molecule has 0 saturated carbocycles. The summed E-state index contributed by atoms with van der Waals surface area (Å²) in [6, 6.07) is 12.3. The zero-order valence-electron chi connectivity index (χ0n) is 14.2. The van der Waals surface area contributed by atoms with Gasteiger partial charge in [0.15, 0.2) is 0 Å². The third kappa shape index (κ3) is 5.56. The fourth-order valence-corrected chi connectivity index (χ4v) is 2.36. The fourth-order valence-electron chi connectivity index (χ4n) is 2.36. The van der Waals surface area contributed by atoms with E-state index in [4.69, 9.17) is 5.11 Å². The molecule has 0 aliphatic heterocycles. The van der Waals surface area contributed by atoms with Crippen molar-refractivity contribution in [1.82, 2.24) is 15.1 Å². The largest absolute Gasteiger partial charge is 0.481 e. The van der Waals surface area contributed by atoms with E-state index in [0.29, 0.717) is 12.1 Å². The average molecular weight is 343 g/mol. The van der Waals surface area contributed by atoms with Gasteiger partial charge in [0.2, 0.25) is 5.91 Å². The Bertz CT molecular complexity index is 813. The molecule has 0 spiro atoms. The lowest BCUT2D eigenvalue weighted by Crippen LogP contribution is -2.46. The molecule has 0 bridgehead atoms. The van der Waals surface area contributed by atoms with E-state index in [1.54, 1.807) is 19.9 Å². The first-order valence-electron chi connectivity index (χ1n) is 7.93. The van der Waals surface area contributed by atoms with Gasteiger partial charge >= 0.3 is 5.97 Å². The van der Waals surface area contributed by atoms with Crippen LogP contribution in [0.25, 0.3) is 11.3 Å². The van der Waals surface area contributed by atoms with Gasteiger partial charge in [-0.3, -0.25) is 14.4 Å². The van der Waals surface area contributed by atoms with Crippen LogP contribution in [-0.4, -0.2) is 32.3 Å². The lowest BCUT2D eigenvalue weighted by molar-refractivity contribution is -0.137. The number of rotatable bonds is 7. The summed E-state index contributed by atoms with van der Waals surface area (Å²) in [5.74, 6) is -1.31. The van der Waals surface area contributed by atoms with Crippen LogP contribution in [0.4, 0.5) is 0 Å². The van der Waals surface area contributed by atoms with E-state index in [-0.39, 0.29) is 18.5 Å². The minimum absolute atomic E-state index is 0.0467. The second kappa shape index (κ2) is 7.74. The SMILES string of the molecule is CC(C)(CCC(=O)O)NC(=O)Cn1nc(-c2ccccc2)ccc1=O. The number of aromatic nitrogens is 2. The van der Waals surface area contributed by atoms with Gasteiger partial charge in [-0.05, 0) is 26.3 Å². The third-order valence-electron chi connectivity index (χ3n) is 3.67. The molecular formula is C18H21N3O4. The summed E-state index contributed by atoms with van der Waals surface area (Å²) in [5.41, 5.74) is 0.380. The summed E-state index contributed by atoms with van der Waals surface area (Å²) < 4.78 is 1.10. The number of aliphatic carboxylic acids is 1. The molecule has 2 aromatic rings. The molecule has 0 aliphatic rings. The van der Waals surface area contributed by atoms with Gasteiger partial charge in [0.1, 0.15) is 6.54 Å². The van der Waals surface area contributed by atoms with E-state index in [1.165, 1.54) is 6.07 Å². The van der Waals surface area contributed by atoms with Crippen molar-refractivity contribution in [2.45, 2.75) is 38.8 Å². The minimum Gasteiger partial charge on any atom is -0.481 e. The van der Waals surface area contributed by atoms with E-state index in [9.17, 15) is 14.4 Å². The van der Waals surface area contributed by atoms with Crippen molar-refractivity contribution in [3.63, 3.8) is 0 Å². The van der Waals surface area contributed by atoms with Crippen LogP contribution in [0.5, 0.6) is 0 Å². The molecule has 1 aromatic heterocycles. The van der Waals surface area contributed by atoms with Gasteiger partial charge in [-0.15, -0.1) is 0 Å². The van der Waals surface area contributed by atoms with Crippen LogP contribution in [-0.2, 0) is 16.1 Å². The molecule has 0 aliphatic carbocycles. The van der Waals surface area contributed by atoms with Gasteiger partial charge in [0.25, 0.3) is 5.56 Å². The van der Waals surface area contributed by atoms with Crippen LogP contribution in [0, 0.1) is 0 Å². The summed E-state index contributed by atoms with van der Waals surface area (Å²) in [6.45, 7) is 3.25. The lowest BCUT2D eigenvalue weighted by Gasteiger charge is -2.25. The summed E-state index contributed by atoms with van der Waals surface area (Å²) in [5, 5.41) is 15.7. The maximum atomic E-state index is 12.2. The van der Waals surface area contributed by atoms with Crippen molar-refractivity contribution >= 4 is 11.9 Å². The number of carbonyl (C=O) groups excluding carboxylic acids is 1. The van der Waals surface area contributed by atoms with Crippen LogP contribution in [0.1, 0.15) is 26.7 Å². The first-order valence-corrected chi connectivity index (χ1v) is 7.93. The fraction of sp³-hybridized carbons (Fsp3) is 0.333. The maximum absolute atomic E-state index is 12.2. The van der Waals surface area contributed by atoms with Gasteiger partial charge in [0.05, 0.1) is 5.69 Å². The Morgan fingerprint density at radius 2 is 1.84 bits per heavy atom. The predicted octanol–water partition coefficient (Wildman–Crippen LogP) is 1.67. The smallest absolute Gasteiger partial charge is 0.303 e. The highest BCUT2D eigenvalue weighted by Gasteiger charge is 2.22. The molecule has 25 heavy (non-hydrogen) atoms. The molecule has 1 heterocycles. The second-order valence-electron chi connectivity index (χ2n) is 6.41. The van der Waals surface area contributed by atoms with Crippen LogP contribution in [0.2, 0.25) is 0 Å². The first kappa shape index (κ1) is 18.4. The quantitative estimate of drug-likeness (QED) is 0.796. The highest BCUT2D eigenvalue weighted by atomic mass is 16.4. The lowest BCUT2D eigenvalue weighted by atomic mass is 9.98. The standard InChI is InChI=1S/C18H21N3O4/c1-18(2,11-10-17(24)25)19-15(22)12-21-16(23)9-8-14(20-21)13-6-4-3-5-7-13/h3-9H,10-12H2,1-2H3,(H,19,22)(H,24,25). The second-order valence-corrected chi connectivity index (χ2v) is 6.41. The Hall–Kier alpha value is -2.96. The number of hydrogen-bond donors (Lipinski definition) is 2. The van der Waals surface area contributed by atoms with E-state index < -0.39 is 17.4 Å². The molecule has 0 saturated heterocycles. The van der Waals surface area contributed by atoms with E-state index in [0.717, 1.165) is 10.2 Å². The van der Waals surface area contributed by atoms with Gasteiger partial charge in [-0.25, -0.2) is 4.68 Å². The summed E-state index contributed by atoms with van der Waals surface area (Å²) in [7, 11) is 0. The zero-order valence-corrected chi connectivity index (χ0v) is 14.2. The molecule has 7 heteroatoms. The Kier molecular flexibility index (Phi) is 5.69. The molecule has 2 rings (SSSR count). The van der Waals surface area contributed by atoms with Gasteiger partial charge in [-0.2, -0.15) is 5.10 Å². The van der Waals surface area contributed by atoms with Crippen molar-refractivity contribution < 1.29 is 14.7 Å². The van der Waals surface area contributed by atoms with E-state index >= 15 is 0 Å². The molecule has 1 amide bonds. The normalized spacial score (nSPS) is 11.1. The predicted molar refractivity (Wildman–Crippen MR) is 93.0 cm³/mol. The molecule has 0 radical (unpaired) electrons. The van der Waals surface area contributed by atoms with E-state index in [1.807, 2.05) is 30.3 Å². The van der Waals surface area contributed by atoms with Crippen molar-refractivity contribution in [2.24, 2.45) is 0 Å². The summed E-state index contributed by atoms with van der Waals surface area (Å²) in [6.07, 6.45) is 0.245. The molecule has 0 fully saturated rings. The molecule has 7 nitrogen and oxygen atoms in total. The molecule has 0 atom stereocenters. The Morgan fingerprint density at radius 3 is 2.48 bits per heavy atom. The van der Waals surface area contributed by atoms with Crippen LogP contribution >= 0.6 is 0 Å². The molecule has 132 valence electrons. The molecule has 2 N–H and O–H groups in total. The third-order valence-corrected chi connectivity index (χ3v) is 3.67. The molecular weight excluding hydrogens is 322 g/mol. The van der Waals surface area contributed by atoms with Crippen LogP contribution in [0.15, 0.2) is 47.3 Å². The number of hydrogen-bond acceptors (Lipinski definition) is 4. The summed E-state index contributed by atoms with van der Waals surface area (Å²) in [4.78, 5) is 34.8. The average Bonchev–Trinajstić information content (AvgIpc) is 2.55. The number of carbonyl (C=O) groups is 2. The number of benzene rings is 1. The summed E-state index contributed by atoms with van der Waals surface area (Å²) >= 11 is 0. The topological polar surface area (TPSA) is 101 Å². The Balaban J connectivity index is 2.10. The maximum Gasteiger partial charge on any atom is 0.303 e.